The van der Waals surface area contributed by atoms with E-state index in [4.69, 9.17) is 11.5 Å². The normalized spacial score (nSPS) is 10.4. The Labute approximate surface area is 118 Å². The van der Waals surface area contributed by atoms with Crippen molar-refractivity contribution in [1.29, 1.82) is 0 Å². The zero-order valence-electron chi connectivity index (χ0n) is 9.11. The highest BCUT2D eigenvalue weighted by Gasteiger charge is 2.32. The van der Waals surface area contributed by atoms with Crippen LogP contribution in [0.15, 0.2) is 17.3 Å². The summed E-state index contributed by atoms with van der Waals surface area (Å²) in [5.41, 5.74) is 9.14. The van der Waals surface area contributed by atoms with Crippen LogP contribution in [0.3, 0.4) is 0 Å². The van der Waals surface area contributed by atoms with Gasteiger partial charge in [0.2, 0.25) is 5.95 Å². The van der Waals surface area contributed by atoms with E-state index >= 15 is 0 Å². The molecule has 0 aliphatic heterocycles. The molecule has 0 radical (unpaired) electrons. The lowest BCUT2D eigenvalue weighted by Crippen LogP contribution is -2.24. The van der Waals surface area contributed by atoms with Crippen molar-refractivity contribution in [2.75, 3.05) is 18.4 Å². The average Bonchev–Trinajstić information content (AvgIpc) is 2.23. The second-order valence-corrected chi connectivity index (χ2v) is 3.00. The van der Waals surface area contributed by atoms with Gasteiger partial charge < -0.3 is 16.8 Å². The third-order valence-corrected chi connectivity index (χ3v) is 1.64. The number of hydrogen-bond acceptors (Lipinski definition) is 4. The first-order valence-electron chi connectivity index (χ1n) is 4.59. The maximum absolute atomic E-state index is 12.3. The molecule has 10 heteroatoms. The summed E-state index contributed by atoms with van der Waals surface area (Å²) in [6.07, 6.45) is -3.46. The van der Waals surface area contributed by atoms with Crippen molar-refractivity contribution in [2.45, 2.75) is 6.18 Å². The first kappa shape index (κ1) is 16.7. The van der Waals surface area contributed by atoms with Crippen LogP contribution < -0.4 is 16.8 Å². The molecule has 0 unspecified atom stereocenters. The molecule has 102 valence electrons. The standard InChI is InChI=1S/C8H11F3N6.HI/c9-8(10,11)5-1-2-15-7(17-5)16-4-3-14-6(12)13;/h1-2H,3-4H2,(H4,12,13,14)(H,15,16,17);1H. The second-order valence-electron chi connectivity index (χ2n) is 3.00. The smallest absolute Gasteiger partial charge is 0.370 e. The van der Waals surface area contributed by atoms with Crippen LogP contribution in [-0.2, 0) is 6.18 Å². The van der Waals surface area contributed by atoms with E-state index in [-0.39, 0.29) is 49.0 Å². The van der Waals surface area contributed by atoms with Gasteiger partial charge in [0.1, 0.15) is 5.69 Å². The Hall–Kier alpha value is -1.33. The summed E-state index contributed by atoms with van der Waals surface area (Å²) in [7, 11) is 0. The molecule has 0 aromatic carbocycles. The monoisotopic (exact) mass is 376 g/mol. The number of anilines is 1. The molecule has 0 atom stereocenters. The Morgan fingerprint density at radius 3 is 2.61 bits per heavy atom. The molecule has 1 aromatic heterocycles. The number of alkyl halides is 3. The third kappa shape index (κ3) is 5.84. The number of halogens is 4. The quantitative estimate of drug-likeness (QED) is 0.312. The number of hydrogen-bond donors (Lipinski definition) is 3. The second kappa shape index (κ2) is 7.18. The van der Waals surface area contributed by atoms with Gasteiger partial charge in [-0.1, -0.05) is 0 Å². The number of nitrogens with zero attached hydrogens (tertiary/aromatic N) is 3. The lowest BCUT2D eigenvalue weighted by molar-refractivity contribution is -0.141. The van der Waals surface area contributed by atoms with Crippen LogP contribution in [0, 0.1) is 0 Å². The van der Waals surface area contributed by atoms with Crippen molar-refractivity contribution in [3.63, 3.8) is 0 Å². The van der Waals surface area contributed by atoms with E-state index in [1.165, 1.54) is 0 Å². The van der Waals surface area contributed by atoms with Gasteiger partial charge in [-0.3, -0.25) is 4.99 Å². The highest BCUT2D eigenvalue weighted by molar-refractivity contribution is 14.0. The van der Waals surface area contributed by atoms with Crippen LogP contribution in [0.25, 0.3) is 0 Å². The molecule has 0 aliphatic carbocycles. The van der Waals surface area contributed by atoms with Gasteiger partial charge in [-0.05, 0) is 6.07 Å². The topological polar surface area (TPSA) is 102 Å². The maximum atomic E-state index is 12.3. The van der Waals surface area contributed by atoms with E-state index in [0.29, 0.717) is 0 Å². The fraction of sp³-hybridized carbons (Fsp3) is 0.375. The van der Waals surface area contributed by atoms with Crippen molar-refractivity contribution >= 4 is 35.9 Å². The Balaban J connectivity index is 0.00000289. The zero-order chi connectivity index (χ0) is 12.9. The Morgan fingerprint density at radius 2 is 2.06 bits per heavy atom. The van der Waals surface area contributed by atoms with Crippen molar-refractivity contribution in [2.24, 2.45) is 16.5 Å². The Bertz CT molecular complexity index is 404. The molecular formula is C8H12F3IN6. The van der Waals surface area contributed by atoms with Crippen LogP contribution in [0.4, 0.5) is 19.1 Å². The van der Waals surface area contributed by atoms with Crippen molar-refractivity contribution < 1.29 is 13.2 Å². The molecule has 0 amide bonds. The van der Waals surface area contributed by atoms with E-state index in [9.17, 15) is 13.2 Å². The fourth-order valence-corrected chi connectivity index (χ4v) is 0.954. The molecule has 1 rings (SSSR count). The van der Waals surface area contributed by atoms with Crippen molar-refractivity contribution in [3.8, 4) is 0 Å². The molecule has 0 aliphatic rings. The largest absolute Gasteiger partial charge is 0.433 e. The van der Waals surface area contributed by atoms with Crippen LogP contribution in [0.1, 0.15) is 5.69 Å². The van der Waals surface area contributed by atoms with Gasteiger partial charge in [0.15, 0.2) is 5.96 Å². The Kier molecular flexibility index (Phi) is 6.65. The van der Waals surface area contributed by atoms with Crippen LogP contribution in [0.2, 0.25) is 0 Å². The fourth-order valence-electron chi connectivity index (χ4n) is 0.954. The minimum Gasteiger partial charge on any atom is -0.370 e. The predicted molar refractivity (Wildman–Crippen MR) is 71.6 cm³/mol. The lowest BCUT2D eigenvalue weighted by atomic mass is 10.4. The van der Waals surface area contributed by atoms with E-state index < -0.39 is 11.9 Å². The minimum atomic E-state index is -4.49. The number of guanidine groups is 1. The number of nitrogens with one attached hydrogen (secondary N) is 1. The summed E-state index contributed by atoms with van der Waals surface area (Å²) >= 11 is 0. The lowest BCUT2D eigenvalue weighted by Gasteiger charge is -2.07. The van der Waals surface area contributed by atoms with Crippen molar-refractivity contribution in [1.82, 2.24) is 9.97 Å². The zero-order valence-corrected chi connectivity index (χ0v) is 11.4. The first-order chi connectivity index (χ1) is 7.89. The summed E-state index contributed by atoms with van der Waals surface area (Å²) in [4.78, 5) is 10.6. The molecule has 0 saturated heterocycles. The summed E-state index contributed by atoms with van der Waals surface area (Å²) in [6.45, 7) is 0.459. The van der Waals surface area contributed by atoms with Gasteiger partial charge in [-0.15, -0.1) is 24.0 Å². The Morgan fingerprint density at radius 1 is 1.39 bits per heavy atom. The van der Waals surface area contributed by atoms with Gasteiger partial charge in [0, 0.05) is 12.7 Å². The third-order valence-electron chi connectivity index (χ3n) is 1.64. The van der Waals surface area contributed by atoms with E-state index in [1.807, 2.05) is 0 Å². The molecule has 6 nitrogen and oxygen atoms in total. The first-order valence-corrected chi connectivity index (χ1v) is 4.59. The van der Waals surface area contributed by atoms with Crippen LogP contribution in [0.5, 0.6) is 0 Å². The number of nitrogens with two attached hydrogens (primary N) is 2. The highest BCUT2D eigenvalue weighted by atomic mass is 127. The number of aliphatic imine (C=N–C) groups is 1. The highest BCUT2D eigenvalue weighted by Crippen LogP contribution is 2.27. The van der Waals surface area contributed by atoms with Gasteiger partial charge in [-0.25, -0.2) is 9.97 Å². The predicted octanol–water partition coefficient (Wildman–Crippen LogP) is 0.799. The van der Waals surface area contributed by atoms with Gasteiger partial charge >= 0.3 is 6.18 Å². The molecule has 0 spiro atoms. The molecule has 0 saturated carbocycles. The summed E-state index contributed by atoms with van der Waals surface area (Å²) in [6, 6.07) is 0.793. The van der Waals surface area contributed by atoms with E-state index in [0.717, 1.165) is 12.3 Å². The summed E-state index contributed by atoms with van der Waals surface area (Å²) < 4.78 is 36.9. The number of aromatic nitrogens is 2. The molecule has 18 heavy (non-hydrogen) atoms. The van der Waals surface area contributed by atoms with E-state index in [2.05, 4.69) is 20.3 Å². The minimum absolute atomic E-state index is 0. The number of rotatable bonds is 4. The van der Waals surface area contributed by atoms with E-state index in [1.54, 1.807) is 0 Å². The molecule has 0 bridgehead atoms. The summed E-state index contributed by atoms with van der Waals surface area (Å²) in [5, 5.41) is 2.57. The molecular weight excluding hydrogens is 364 g/mol. The van der Waals surface area contributed by atoms with Gasteiger partial charge in [-0.2, -0.15) is 13.2 Å². The molecule has 1 heterocycles. The van der Waals surface area contributed by atoms with Gasteiger partial charge in [0.05, 0.1) is 6.54 Å². The maximum Gasteiger partial charge on any atom is 0.433 e. The van der Waals surface area contributed by atoms with Crippen molar-refractivity contribution in [3.05, 3.63) is 18.0 Å². The summed E-state index contributed by atoms with van der Waals surface area (Å²) in [5.74, 6) is -0.206. The molecule has 1 aromatic rings. The molecule has 0 fully saturated rings. The average molecular weight is 376 g/mol. The SMILES string of the molecule is I.NC(N)=NCCNc1nccc(C(F)(F)F)n1. The van der Waals surface area contributed by atoms with Gasteiger partial charge in [0.25, 0.3) is 0 Å². The molecule has 5 N–H and O–H groups in total. The van der Waals surface area contributed by atoms with Crippen LogP contribution in [-0.4, -0.2) is 29.0 Å². The van der Waals surface area contributed by atoms with Crippen LogP contribution >= 0.6 is 24.0 Å².